The fourth-order valence-electron chi connectivity index (χ4n) is 2.41. The fourth-order valence-corrected chi connectivity index (χ4v) is 3.19. The number of imidazole rings is 1. The summed E-state index contributed by atoms with van der Waals surface area (Å²) in [5, 5.41) is 14.1. The molecule has 4 nitrogen and oxygen atoms in total. The molecule has 0 saturated heterocycles. The van der Waals surface area contributed by atoms with E-state index in [2.05, 4.69) is 27.0 Å². The predicted octanol–water partition coefficient (Wildman–Crippen LogP) is 3.07. The Bertz CT molecular complexity index is 794. The van der Waals surface area contributed by atoms with Crippen LogP contribution in [0.4, 0.5) is 0 Å². The first-order valence-electron chi connectivity index (χ1n) is 6.88. The van der Waals surface area contributed by atoms with Gasteiger partial charge < -0.3 is 9.88 Å². The molecular weight excluding hydrogens is 280 g/mol. The molecule has 0 fully saturated rings. The van der Waals surface area contributed by atoms with Crippen molar-refractivity contribution in [2.45, 2.75) is 20.0 Å². The number of thiophene rings is 1. The van der Waals surface area contributed by atoms with E-state index in [9.17, 15) is 0 Å². The molecule has 21 heavy (non-hydrogen) atoms. The molecule has 2 heterocycles. The minimum absolute atomic E-state index is 0.744. The molecule has 1 N–H and O–H groups in total. The lowest BCUT2D eigenvalue weighted by atomic mass is 10.3. The molecule has 0 radical (unpaired) electrons. The van der Waals surface area contributed by atoms with Crippen LogP contribution in [0.1, 0.15) is 16.3 Å². The molecule has 106 valence electrons. The monoisotopic (exact) mass is 296 g/mol. The van der Waals surface area contributed by atoms with Gasteiger partial charge in [-0.3, -0.25) is 0 Å². The van der Waals surface area contributed by atoms with Crippen LogP contribution in [0.2, 0.25) is 0 Å². The molecule has 0 amide bonds. The quantitative estimate of drug-likeness (QED) is 0.736. The first-order valence-corrected chi connectivity index (χ1v) is 7.76. The highest BCUT2D eigenvalue weighted by Gasteiger charge is 2.06. The number of nitriles is 1. The zero-order valence-corrected chi connectivity index (χ0v) is 12.7. The average Bonchev–Trinajstić information content (AvgIpc) is 3.08. The van der Waals surface area contributed by atoms with Gasteiger partial charge in [-0.1, -0.05) is 12.1 Å². The van der Waals surface area contributed by atoms with E-state index in [0.29, 0.717) is 0 Å². The average molecular weight is 296 g/mol. The first kappa shape index (κ1) is 13.8. The molecule has 3 rings (SSSR count). The van der Waals surface area contributed by atoms with E-state index in [1.165, 1.54) is 10.4 Å². The molecule has 2 aromatic heterocycles. The van der Waals surface area contributed by atoms with Crippen LogP contribution in [0.3, 0.4) is 0 Å². The lowest BCUT2D eigenvalue weighted by Gasteiger charge is -2.07. The van der Waals surface area contributed by atoms with E-state index in [1.54, 1.807) is 11.3 Å². The van der Waals surface area contributed by atoms with Crippen LogP contribution in [0.25, 0.3) is 11.0 Å². The van der Waals surface area contributed by atoms with Crippen LogP contribution in [0, 0.1) is 18.3 Å². The molecule has 0 aliphatic rings. The van der Waals surface area contributed by atoms with Gasteiger partial charge in [0.1, 0.15) is 11.9 Å². The van der Waals surface area contributed by atoms with Crippen molar-refractivity contribution in [3.8, 4) is 6.07 Å². The van der Waals surface area contributed by atoms with Crippen molar-refractivity contribution in [2.75, 3.05) is 6.54 Å². The third kappa shape index (κ3) is 2.97. The number of para-hydroxylation sites is 2. The zero-order chi connectivity index (χ0) is 14.7. The Morgan fingerprint density at radius 1 is 1.38 bits per heavy atom. The first-order chi connectivity index (χ1) is 10.3. The van der Waals surface area contributed by atoms with E-state index in [4.69, 9.17) is 5.26 Å². The van der Waals surface area contributed by atoms with E-state index >= 15 is 0 Å². The van der Waals surface area contributed by atoms with Gasteiger partial charge in [-0.15, -0.1) is 11.3 Å². The van der Waals surface area contributed by atoms with Crippen molar-refractivity contribution < 1.29 is 0 Å². The van der Waals surface area contributed by atoms with Gasteiger partial charge in [0, 0.05) is 29.9 Å². The molecule has 0 atom stereocenters. The van der Waals surface area contributed by atoms with Gasteiger partial charge in [0.15, 0.2) is 0 Å². The summed E-state index contributed by atoms with van der Waals surface area (Å²) in [5.41, 5.74) is 2.97. The van der Waals surface area contributed by atoms with Gasteiger partial charge in [-0.2, -0.15) is 5.26 Å². The summed E-state index contributed by atoms with van der Waals surface area (Å²) in [6.45, 7) is 4.61. The molecule has 0 bridgehead atoms. The smallest absolute Gasteiger partial charge is 0.106 e. The number of aryl methyl sites for hydroxylation is 1. The number of hydrogen-bond donors (Lipinski definition) is 1. The Morgan fingerprint density at radius 2 is 2.24 bits per heavy atom. The summed E-state index contributed by atoms with van der Waals surface area (Å²) in [7, 11) is 0. The Hall–Kier alpha value is -2.16. The number of aromatic nitrogens is 2. The summed E-state index contributed by atoms with van der Waals surface area (Å²) in [6, 6.07) is 12.3. The normalized spacial score (nSPS) is 10.9. The zero-order valence-electron chi connectivity index (χ0n) is 11.8. The number of benzene rings is 1. The van der Waals surface area contributed by atoms with E-state index in [1.807, 2.05) is 36.6 Å². The number of fused-ring (bicyclic) bond motifs is 1. The van der Waals surface area contributed by atoms with E-state index in [0.717, 1.165) is 36.5 Å². The van der Waals surface area contributed by atoms with Gasteiger partial charge >= 0.3 is 0 Å². The second kappa shape index (κ2) is 6.08. The minimum atomic E-state index is 0.744. The highest BCUT2D eigenvalue weighted by atomic mass is 32.1. The predicted molar refractivity (Wildman–Crippen MR) is 85.2 cm³/mol. The van der Waals surface area contributed by atoms with Gasteiger partial charge in [0.25, 0.3) is 0 Å². The maximum Gasteiger partial charge on any atom is 0.106 e. The Labute approximate surface area is 127 Å². The number of rotatable bonds is 5. The summed E-state index contributed by atoms with van der Waals surface area (Å²) < 4.78 is 2.23. The maximum atomic E-state index is 8.80. The molecule has 5 heteroatoms. The fraction of sp³-hybridized carbons (Fsp3) is 0.250. The molecule has 1 aromatic carbocycles. The molecule has 0 unspecified atom stereocenters. The van der Waals surface area contributed by atoms with Gasteiger partial charge in [-0.05, 0) is 25.1 Å². The lowest BCUT2D eigenvalue weighted by molar-refractivity contribution is 0.600. The second-order valence-electron chi connectivity index (χ2n) is 4.89. The van der Waals surface area contributed by atoms with Gasteiger partial charge in [0.2, 0.25) is 0 Å². The SMILES string of the molecule is Cc1nc2ccccc2n1CCNCc1cc(C#N)cs1. The third-order valence-electron chi connectivity index (χ3n) is 3.44. The van der Waals surface area contributed by atoms with Gasteiger partial charge in [-0.25, -0.2) is 4.98 Å². The van der Waals surface area contributed by atoms with Crippen LogP contribution >= 0.6 is 11.3 Å². The van der Waals surface area contributed by atoms with Crippen LogP contribution in [0.15, 0.2) is 35.7 Å². The number of hydrogen-bond acceptors (Lipinski definition) is 4. The van der Waals surface area contributed by atoms with Crippen molar-refractivity contribution >= 4 is 22.4 Å². The lowest BCUT2D eigenvalue weighted by Crippen LogP contribution is -2.19. The van der Waals surface area contributed by atoms with Crippen molar-refractivity contribution in [3.63, 3.8) is 0 Å². The van der Waals surface area contributed by atoms with Crippen molar-refractivity contribution in [3.05, 3.63) is 52.0 Å². The molecule has 0 aliphatic heterocycles. The maximum absolute atomic E-state index is 8.80. The summed E-state index contributed by atoms with van der Waals surface area (Å²) >= 11 is 1.62. The third-order valence-corrected chi connectivity index (χ3v) is 4.38. The highest BCUT2D eigenvalue weighted by molar-refractivity contribution is 7.10. The Morgan fingerprint density at radius 3 is 3.05 bits per heavy atom. The molecular formula is C16H16N4S. The number of nitrogens with one attached hydrogen (secondary N) is 1. The standard InChI is InChI=1S/C16H16N4S/c1-12-19-15-4-2-3-5-16(15)20(12)7-6-18-10-14-8-13(9-17)11-21-14/h2-5,8,11,18H,6-7,10H2,1H3. The van der Waals surface area contributed by atoms with Crippen LogP contribution in [-0.4, -0.2) is 16.1 Å². The topological polar surface area (TPSA) is 53.6 Å². The van der Waals surface area contributed by atoms with Crippen LogP contribution < -0.4 is 5.32 Å². The molecule has 0 spiro atoms. The molecule has 0 aliphatic carbocycles. The highest BCUT2D eigenvalue weighted by Crippen LogP contribution is 2.15. The van der Waals surface area contributed by atoms with Crippen LogP contribution in [0.5, 0.6) is 0 Å². The van der Waals surface area contributed by atoms with E-state index < -0.39 is 0 Å². The van der Waals surface area contributed by atoms with E-state index in [-0.39, 0.29) is 0 Å². The van der Waals surface area contributed by atoms with Crippen molar-refractivity contribution in [1.82, 2.24) is 14.9 Å². The summed E-state index contributed by atoms with van der Waals surface area (Å²) in [6.07, 6.45) is 0. The van der Waals surface area contributed by atoms with Crippen molar-refractivity contribution in [2.24, 2.45) is 0 Å². The summed E-state index contributed by atoms with van der Waals surface area (Å²) in [4.78, 5) is 5.76. The van der Waals surface area contributed by atoms with Gasteiger partial charge in [0.05, 0.1) is 16.6 Å². The molecule has 3 aromatic rings. The summed E-state index contributed by atoms with van der Waals surface area (Å²) in [5.74, 6) is 1.04. The Kier molecular flexibility index (Phi) is 4.00. The minimum Gasteiger partial charge on any atom is -0.327 e. The van der Waals surface area contributed by atoms with Crippen molar-refractivity contribution in [1.29, 1.82) is 5.26 Å². The largest absolute Gasteiger partial charge is 0.327 e. The Balaban J connectivity index is 1.59. The second-order valence-corrected chi connectivity index (χ2v) is 5.89. The number of nitrogens with zero attached hydrogens (tertiary/aromatic N) is 3. The van der Waals surface area contributed by atoms with Crippen LogP contribution in [-0.2, 0) is 13.1 Å². The molecule has 0 saturated carbocycles.